The molecule has 0 aliphatic rings. The molecule has 0 saturated carbocycles. The molecular formula is C24H23FN4O. The number of halogens is 1. The molecule has 1 heterocycles. The summed E-state index contributed by atoms with van der Waals surface area (Å²) in [6.45, 7) is 1.28. The van der Waals surface area contributed by atoms with Gasteiger partial charge >= 0.3 is 0 Å². The lowest BCUT2D eigenvalue weighted by Crippen LogP contribution is -2.26. The van der Waals surface area contributed by atoms with Crippen LogP contribution in [0.3, 0.4) is 0 Å². The van der Waals surface area contributed by atoms with E-state index in [2.05, 4.69) is 20.8 Å². The average molecular weight is 402 g/mol. The van der Waals surface area contributed by atoms with Crippen molar-refractivity contribution in [1.82, 2.24) is 15.5 Å². The average Bonchev–Trinajstić information content (AvgIpc) is 3.23. The molecule has 1 unspecified atom stereocenters. The first-order valence-electron chi connectivity index (χ1n) is 9.94. The monoisotopic (exact) mass is 402 g/mol. The molecule has 0 bridgehead atoms. The van der Waals surface area contributed by atoms with Gasteiger partial charge in [0.1, 0.15) is 5.82 Å². The number of nitrogens with one attached hydrogen (secondary N) is 3. The minimum absolute atomic E-state index is 0.232. The van der Waals surface area contributed by atoms with Crippen LogP contribution >= 0.6 is 0 Å². The number of hydrogen-bond donors (Lipinski definition) is 3. The molecule has 30 heavy (non-hydrogen) atoms. The number of hydrogen-bond acceptors (Lipinski definition) is 3. The van der Waals surface area contributed by atoms with E-state index in [4.69, 9.17) is 0 Å². The van der Waals surface area contributed by atoms with Crippen LogP contribution in [-0.4, -0.2) is 22.6 Å². The molecule has 1 atom stereocenters. The zero-order chi connectivity index (χ0) is 20.8. The summed E-state index contributed by atoms with van der Waals surface area (Å²) in [4.78, 5) is 13.1. The maximum atomic E-state index is 14.5. The van der Waals surface area contributed by atoms with E-state index in [0.717, 1.165) is 16.5 Å². The topological polar surface area (TPSA) is 69.8 Å². The van der Waals surface area contributed by atoms with E-state index >= 15 is 0 Å². The number of amides is 1. The van der Waals surface area contributed by atoms with Gasteiger partial charge in [-0.2, -0.15) is 5.10 Å². The zero-order valence-electron chi connectivity index (χ0n) is 16.4. The normalized spacial score (nSPS) is 12.0. The third-order valence-electron chi connectivity index (χ3n) is 5.09. The van der Waals surface area contributed by atoms with Crippen LogP contribution in [-0.2, 0) is 11.3 Å². The number of benzene rings is 3. The third-order valence-corrected chi connectivity index (χ3v) is 5.09. The molecule has 0 fully saturated rings. The summed E-state index contributed by atoms with van der Waals surface area (Å²) < 4.78 is 14.5. The molecule has 1 aromatic heterocycles. The van der Waals surface area contributed by atoms with Gasteiger partial charge in [0, 0.05) is 23.2 Å². The van der Waals surface area contributed by atoms with Gasteiger partial charge in [-0.3, -0.25) is 9.89 Å². The lowest BCUT2D eigenvalue weighted by atomic mass is 9.94. The first-order valence-corrected chi connectivity index (χ1v) is 9.94. The molecule has 3 aromatic carbocycles. The van der Waals surface area contributed by atoms with Crippen molar-refractivity contribution in [3.63, 3.8) is 0 Å². The van der Waals surface area contributed by atoms with Crippen LogP contribution in [0.1, 0.15) is 23.5 Å². The van der Waals surface area contributed by atoms with Crippen molar-refractivity contribution in [2.24, 2.45) is 0 Å². The molecule has 5 nitrogen and oxygen atoms in total. The van der Waals surface area contributed by atoms with Gasteiger partial charge in [0.05, 0.1) is 17.6 Å². The Hall–Kier alpha value is -3.51. The third kappa shape index (κ3) is 4.72. The summed E-state index contributed by atoms with van der Waals surface area (Å²) in [5, 5.41) is 14.1. The highest BCUT2D eigenvalue weighted by molar-refractivity contribution is 5.97. The van der Waals surface area contributed by atoms with E-state index in [1.165, 1.54) is 6.07 Å². The smallest absolute Gasteiger partial charge is 0.232 e. The largest absolute Gasteiger partial charge is 0.326 e. The summed E-state index contributed by atoms with van der Waals surface area (Å²) in [5.74, 6) is -1.20. The van der Waals surface area contributed by atoms with Crippen LogP contribution in [0.15, 0.2) is 79.0 Å². The Bertz CT molecular complexity index is 1130. The van der Waals surface area contributed by atoms with Crippen LogP contribution in [0.25, 0.3) is 10.9 Å². The number of aromatic amines is 1. The minimum Gasteiger partial charge on any atom is -0.326 e. The number of anilines is 1. The summed E-state index contributed by atoms with van der Waals surface area (Å²) in [5.41, 5.74) is 3.12. The van der Waals surface area contributed by atoms with Gasteiger partial charge in [-0.05, 0) is 42.8 Å². The number of carbonyl (C=O) groups is 1. The molecule has 0 saturated heterocycles. The van der Waals surface area contributed by atoms with Gasteiger partial charge in [-0.1, -0.05) is 48.5 Å². The second-order valence-corrected chi connectivity index (χ2v) is 7.19. The van der Waals surface area contributed by atoms with E-state index in [9.17, 15) is 9.18 Å². The standard InChI is InChI=1S/C24H23FN4O/c25-22-9-5-4-8-20(22)21(12-13-26-15-17-6-2-1-3-7-17)24(30)28-19-10-11-23-18(14-19)16-27-29-23/h1-11,14,16,21,26H,12-13,15H2,(H,27,29)(H,28,30). The Labute approximate surface area is 174 Å². The van der Waals surface area contributed by atoms with Gasteiger partial charge < -0.3 is 10.6 Å². The number of nitrogens with zero attached hydrogens (tertiary/aromatic N) is 1. The lowest BCUT2D eigenvalue weighted by Gasteiger charge is -2.18. The van der Waals surface area contributed by atoms with E-state index in [0.29, 0.717) is 30.8 Å². The molecule has 1 amide bonds. The van der Waals surface area contributed by atoms with Crippen LogP contribution in [0.4, 0.5) is 10.1 Å². The highest BCUT2D eigenvalue weighted by Crippen LogP contribution is 2.25. The molecule has 0 aliphatic heterocycles. The van der Waals surface area contributed by atoms with Crippen molar-refractivity contribution in [3.8, 4) is 0 Å². The number of carbonyl (C=O) groups excluding carboxylic acids is 1. The van der Waals surface area contributed by atoms with Crippen molar-refractivity contribution in [2.75, 3.05) is 11.9 Å². The molecular weight excluding hydrogens is 379 g/mol. The van der Waals surface area contributed by atoms with Gasteiger partial charge in [0.25, 0.3) is 0 Å². The molecule has 3 N–H and O–H groups in total. The Balaban J connectivity index is 1.46. The Morgan fingerprint density at radius 2 is 1.83 bits per heavy atom. The van der Waals surface area contributed by atoms with E-state index in [1.807, 2.05) is 48.5 Å². The fourth-order valence-corrected chi connectivity index (χ4v) is 3.51. The molecule has 0 aliphatic carbocycles. The Kier molecular flexibility index (Phi) is 6.15. The highest BCUT2D eigenvalue weighted by atomic mass is 19.1. The second-order valence-electron chi connectivity index (χ2n) is 7.19. The Morgan fingerprint density at radius 1 is 1.03 bits per heavy atom. The van der Waals surface area contributed by atoms with Crippen molar-refractivity contribution >= 4 is 22.5 Å². The molecule has 0 radical (unpaired) electrons. The van der Waals surface area contributed by atoms with Crippen molar-refractivity contribution in [1.29, 1.82) is 0 Å². The minimum atomic E-state index is -0.602. The quantitative estimate of drug-likeness (QED) is 0.377. The first-order chi connectivity index (χ1) is 14.7. The fraction of sp³-hybridized carbons (Fsp3) is 0.167. The molecule has 4 rings (SSSR count). The summed E-state index contributed by atoms with van der Waals surface area (Å²) >= 11 is 0. The first kappa shape index (κ1) is 19.8. The molecule has 6 heteroatoms. The van der Waals surface area contributed by atoms with Crippen LogP contribution in [0.2, 0.25) is 0 Å². The molecule has 152 valence electrons. The summed E-state index contributed by atoms with van der Waals surface area (Å²) in [6.07, 6.45) is 2.18. The zero-order valence-corrected chi connectivity index (χ0v) is 16.4. The van der Waals surface area contributed by atoms with Crippen molar-refractivity contribution in [3.05, 3.63) is 95.9 Å². The summed E-state index contributed by atoms with van der Waals surface area (Å²) in [7, 11) is 0. The fourth-order valence-electron chi connectivity index (χ4n) is 3.51. The van der Waals surface area contributed by atoms with Gasteiger partial charge in [-0.15, -0.1) is 0 Å². The van der Waals surface area contributed by atoms with E-state index in [-0.39, 0.29) is 11.7 Å². The van der Waals surface area contributed by atoms with Crippen molar-refractivity contribution in [2.45, 2.75) is 18.9 Å². The SMILES string of the molecule is O=C(Nc1ccc2[nH]ncc2c1)C(CCNCc1ccccc1)c1ccccc1F. The predicted molar refractivity (Wildman–Crippen MR) is 117 cm³/mol. The van der Waals surface area contributed by atoms with Crippen LogP contribution in [0, 0.1) is 5.82 Å². The van der Waals surface area contributed by atoms with Gasteiger partial charge in [0.15, 0.2) is 0 Å². The number of aromatic nitrogens is 2. The van der Waals surface area contributed by atoms with Crippen LogP contribution < -0.4 is 10.6 Å². The van der Waals surface area contributed by atoms with Crippen molar-refractivity contribution < 1.29 is 9.18 Å². The summed E-state index contributed by atoms with van der Waals surface area (Å²) in [6, 6.07) is 22.0. The Morgan fingerprint density at radius 3 is 2.67 bits per heavy atom. The maximum absolute atomic E-state index is 14.5. The maximum Gasteiger partial charge on any atom is 0.232 e. The highest BCUT2D eigenvalue weighted by Gasteiger charge is 2.23. The predicted octanol–water partition coefficient (Wildman–Crippen LogP) is 4.60. The van der Waals surface area contributed by atoms with Gasteiger partial charge in [-0.25, -0.2) is 4.39 Å². The van der Waals surface area contributed by atoms with E-state index in [1.54, 1.807) is 24.4 Å². The van der Waals surface area contributed by atoms with E-state index < -0.39 is 5.92 Å². The number of rotatable bonds is 8. The number of H-pyrrole nitrogens is 1. The molecule has 4 aromatic rings. The lowest BCUT2D eigenvalue weighted by molar-refractivity contribution is -0.117. The number of fused-ring (bicyclic) bond motifs is 1. The van der Waals surface area contributed by atoms with Gasteiger partial charge in [0.2, 0.25) is 5.91 Å². The van der Waals surface area contributed by atoms with Crippen LogP contribution in [0.5, 0.6) is 0 Å². The second kappa shape index (κ2) is 9.33. The molecule has 0 spiro atoms.